The number of hydrogen-bond donors (Lipinski definition) is 2. The number of carbonyl (C=O) groups is 3. The molecule has 0 radical (unpaired) electrons. The molecule has 1 heterocycles. The maximum absolute atomic E-state index is 12.7. The van der Waals surface area contributed by atoms with E-state index >= 15 is 0 Å². The molecule has 0 unspecified atom stereocenters. The quantitative estimate of drug-likeness (QED) is 0.491. The molecule has 2 amide bonds. The molecule has 0 aliphatic carbocycles. The maximum Gasteiger partial charge on any atom is 0.513 e. The number of halogens is 1. The van der Waals surface area contributed by atoms with E-state index in [0.717, 1.165) is 5.01 Å². The Morgan fingerprint density at radius 3 is 2.40 bits per heavy atom. The van der Waals surface area contributed by atoms with Gasteiger partial charge in [-0.25, -0.2) is 9.59 Å². The zero-order valence-corrected chi connectivity index (χ0v) is 17.9. The first-order valence-electron chi connectivity index (χ1n) is 9.21. The summed E-state index contributed by atoms with van der Waals surface area (Å²) in [7, 11) is 0. The monoisotopic (exact) mass is 437 g/mol. The number of nitrogens with one attached hydrogen (secondary N) is 2. The normalized spacial score (nSPS) is 13.2. The van der Waals surface area contributed by atoms with Crippen LogP contribution in [-0.2, 0) is 19.0 Å². The van der Waals surface area contributed by atoms with Gasteiger partial charge in [0.05, 0.1) is 35.2 Å². The number of carbonyl (C=O) groups excluding carboxylic acids is 3. The van der Waals surface area contributed by atoms with E-state index in [1.807, 2.05) is 0 Å². The lowest BCUT2D eigenvalue weighted by Gasteiger charge is -2.27. The average Bonchev–Trinajstić information content (AvgIpc) is 2.99. The lowest BCUT2D eigenvalue weighted by atomic mass is 10.2. The summed E-state index contributed by atoms with van der Waals surface area (Å²) >= 11 is 6.17. The number of nitrogens with zero attached hydrogens (tertiary/aromatic N) is 1. The van der Waals surface area contributed by atoms with Crippen LogP contribution in [0.5, 0.6) is 0 Å². The second-order valence-electron chi connectivity index (χ2n) is 6.81. The van der Waals surface area contributed by atoms with Crippen LogP contribution in [0.3, 0.4) is 0 Å². The molecule has 9 nitrogen and oxygen atoms in total. The lowest BCUT2D eigenvalue weighted by Crippen LogP contribution is -2.39. The maximum atomic E-state index is 12.7. The van der Waals surface area contributed by atoms with Gasteiger partial charge in [0.1, 0.15) is 11.3 Å². The van der Waals surface area contributed by atoms with Gasteiger partial charge in [-0.1, -0.05) is 30.3 Å². The molecule has 0 bridgehead atoms. The Bertz CT molecular complexity index is 881. The Hall–Kier alpha value is -3.20. The molecule has 0 fully saturated rings. The van der Waals surface area contributed by atoms with Gasteiger partial charge in [-0.05, 0) is 39.8 Å². The van der Waals surface area contributed by atoms with Crippen LogP contribution in [0.4, 0.5) is 15.3 Å². The van der Waals surface area contributed by atoms with Gasteiger partial charge < -0.3 is 19.5 Å². The zero-order chi connectivity index (χ0) is 22.4. The van der Waals surface area contributed by atoms with E-state index in [0.29, 0.717) is 10.7 Å². The van der Waals surface area contributed by atoms with Crippen molar-refractivity contribution in [1.82, 2.24) is 10.3 Å². The fourth-order valence-electron chi connectivity index (χ4n) is 2.42. The molecule has 2 N–H and O–H groups in total. The first-order chi connectivity index (χ1) is 14.1. The highest BCUT2D eigenvalue weighted by atomic mass is 35.5. The van der Waals surface area contributed by atoms with E-state index < -0.39 is 30.4 Å². The summed E-state index contributed by atoms with van der Waals surface area (Å²) in [5, 5.41) is 3.79. The summed E-state index contributed by atoms with van der Waals surface area (Å²) < 4.78 is 15.3. The van der Waals surface area contributed by atoms with Crippen molar-refractivity contribution < 1.29 is 28.6 Å². The molecule has 0 saturated heterocycles. The summed E-state index contributed by atoms with van der Waals surface area (Å²) in [6.07, 6.45) is -2.65. The van der Waals surface area contributed by atoms with Crippen molar-refractivity contribution in [3.8, 4) is 0 Å². The lowest BCUT2D eigenvalue weighted by molar-refractivity contribution is -0.116. The highest BCUT2D eigenvalue weighted by molar-refractivity contribution is 6.33. The molecular weight excluding hydrogens is 414 g/mol. The Kier molecular flexibility index (Phi) is 7.71. The summed E-state index contributed by atoms with van der Waals surface area (Å²) in [4.78, 5) is 37.0. The fraction of sp³-hybridized carbons (Fsp3) is 0.350. The van der Waals surface area contributed by atoms with E-state index in [1.54, 1.807) is 52.0 Å². The molecule has 10 heteroatoms. The van der Waals surface area contributed by atoms with Crippen molar-refractivity contribution in [2.75, 3.05) is 12.0 Å². The number of hydrogen-bond acceptors (Lipinski definition) is 7. The molecule has 2 rings (SSSR count). The summed E-state index contributed by atoms with van der Waals surface area (Å²) in [6, 6.07) is 6.68. The van der Waals surface area contributed by atoms with Gasteiger partial charge >= 0.3 is 12.2 Å². The molecule has 162 valence electrons. The molecule has 0 saturated carbocycles. The predicted octanol–water partition coefficient (Wildman–Crippen LogP) is 3.97. The predicted molar refractivity (Wildman–Crippen MR) is 110 cm³/mol. The Morgan fingerprint density at radius 1 is 1.17 bits per heavy atom. The molecule has 1 aromatic rings. The van der Waals surface area contributed by atoms with Crippen molar-refractivity contribution >= 4 is 35.4 Å². The van der Waals surface area contributed by atoms with Crippen molar-refractivity contribution in [3.63, 3.8) is 0 Å². The van der Waals surface area contributed by atoms with Crippen molar-refractivity contribution in [2.45, 2.75) is 39.9 Å². The number of hydrazine groups is 1. The number of ether oxygens (including phenoxy) is 3. The van der Waals surface area contributed by atoms with Crippen LogP contribution in [0.2, 0.25) is 5.02 Å². The van der Waals surface area contributed by atoms with Gasteiger partial charge in [-0.15, -0.1) is 0 Å². The smallest absolute Gasteiger partial charge is 0.445 e. The second kappa shape index (κ2) is 10.0. The van der Waals surface area contributed by atoms with Crippen LogP contribution in [0.15, 0.2) is 47.9 Å². The van der Waals surface area contributed by atoms with E-state index in [4.69, 9.17) is 25.8 Å². The molecule has 30 heavy (non-hydrogen) atoms. The fourth-order valence-corrected chi connectivity index (χ4v) is 2.60. The Labute approximate surface area is 179 Å². The molecule has 0 atom stereocenters. The minimum Gasteiger partial charge on any atom is -0.445 e. The first kappa shape index (κ1) is 23.1. The summed E-state index contributed by atoms with van der Waals surface area (Å²) in [5.74, 6) is -0.602. The van der Waals surface area contributed by atoms with Crippen LogP contribution in [-0.4, -0.2) is 41.9 Å². The molecule has 1 aliphatic rings. The van der Waals surface area contributed by atoms with Crippen molar-refractivity contribution in [2.24, 2.45) is 0 Å². The minimum absolute atomic E-state index is 0.0287. The highest BCUT2D eigenvalue weighted by Gasteiger charge is 2.34. The molecule has 0 aromatic heterocycles. The second-order valence-corrected chi connectivity index (χ2v) is 7.21. The standard InChI is InChI=1S/C20H24ClN3O6/c1-11(2)28-19(26)24(23-15-9-7-6-8-14(15)21)13(5)17-16(10-22-18(17)25)30-20(27)29-12(3)4/h6-9,11-12,23H,5,10H2,1-4H3,(H,22,25). The third-order valence-corrected chi connectivity index (χ3v) is 3.97. The van der Waals surface area contributed by atoms with Crippen LogP contribution in [0, 0.1) is 0 Å². The molecule has 1 aromatic carbocycles. The van der Waals surface area contributed by atoms with E-state index in [-0.39, 0.29) is 23.6 Å². The van der Waals surface area contributed by atoms with Crippen molar-refractivity contribution in [1.29, 1.82) is 0 Å². The molecule has 0 spiro atoms. The Balaban J connectivity index is 2.37. The van der Waals surface area contributed by atoms with Gasteiger partial charge in [0, 0.05) is 0 Å². The number of amides is 2. The number of para-hydroxylation sites is 1. The van der Waals surface area contributed by atoms with Gasteiger partial charge in [0.15, 0.2) is 0 Å². The van der Waals surface area contributed by atoms with Crippen LogP contribution < -0.4 is 10.7 Å². The summed E-state index contributed by atoms with van der Waals surface area (Å²) in [6.45, 7) is 10.4. The Morgan fingerprint density at radius 2 is 1.80 bits per heavy atom. The van der Waals surface area contributed by atoms with Gasteiger partial charge in [-0.3, -0.25) is 10.2 Å². The van der Waals surface area contributed by atoms with E-state index in [9.17, 15) is 14.4 Å². The van der Waals surface area contributed by atoms with E-state index in [2.05, 4.69) is 17.3 Å². The van der Waals surface area contributed by atoms with Crippen LogP contribution in [0.1, 0.15) is 27.7 Å². The average molecular weight is 438 g/mol. The largest absolute Gasteiger partial charge is 0.513 e. The number of anilines is 1. The van der Waals surface area contributed by atoms with Gasteiger partial charge in [0.2, 0.25) is 0 Å². The molecule has 1 aliphatic heterocycles. The SMILES string of the molecule is C=C(C1=C(OC(=O)OC(C)C)CNC1=O)N(Nc1ccccc1Cl)C(=O)OC(C)C. The van der Waals surface area contributed by atoms with Gasteiger partial charge in [0.25, 0.3) is 5.91 Å². The topological polar surface area (TPSA) is 106 Å². The van der Waals surface area contributed by atoms with E-state index in [1.165, 1.54) is 0 Å². The third kappa shape index (κ3) is 5.90. The number of benzene rings is 1. The van der Waals surface area contributed by atoms with Crippen LogP contribution in [0.25, 0.3) is 0 Å². The molecular formula is C20H24ClN3O6. The minimum atomic E-state index is -0.975. The van der Waals surface area contributed by atoms with Gasteiger partial charge in [-0.2, -0.15) is 5.01 Å². The first-order valence-corrected chi connectivity index (χ1v) is 9.59. The van der Waals surface area contributed by atoms with Crippen molar-refractivity contribution in [3.05, 3.63) is 52.9 Å². The zero-order valence-electron chi connectivity index (χ0n) is 17.2. The number of rotatable bonds is 7. The van der Waals surface area contributed by atoms with Crippen LogP contribution >= 0.6 is 11.6 Å². The highest BCUT2D eigenvalue weighted by Crippen LogP contribution is 2.27. The summed E-state index contributed by atoms with van der Waals surface area (Å²) in [5.41, 5.74) is 2.98. The third-order valence-electron chi connectivity index (χ3n) is 3.64.